The molecule has 88 valence electrons. The number of benzene rings is 1. The van der Waals surface area contributed by atoms with E-state index in [0.717, 1.165) is 18.9 Å². The Morgan fingerprint density at radius 2 is 2.06 bits per heavy atom. The molecule has 2 nitrogen and oxygen atoms in total. The number of halogens is 3. The fraction of sp³-hybridized carbons (Fsp3) is 0.455. The minimum absolute atomic E-state index is 0.0218. The minimum Gasteiger partial charge on any atom is -0.487 e. The lowest BCUT2D eigenvalue weighted by atomic mass is 9.89. The zero-order chi connectivity index (χ0) is 11.7. The average molecular weight is 292 g/mol. The van der Waals surface area contributed by atoms with Crippen LogP contribution >= 0.6 is 15.9 Å². The van der Waals surface area contributed by atoms with E-state index < -0.39 is 11.6 Å². The first-order valence-electron chi connectivity index (χ1n) is 5.08. The summed E-state index contributed by atoms with van der Waals surface area (Å²) in [5, 5.41) is 3.10. The van der Waals surface area contributed by atoms with Crippen molar-refractivity contribution < 1.29 is 13.5 Å². The van der Waals surface area contributed by atoms with Crippen molar-refractivity contribution in [3.8, 4) is 5.75 Å². The van der Waals surface area contributed by atoms with E-state index in [1.807, 2.05) is 7.05 Å². The van der Waals surface area contributed by atoms with E-state index >= 15 is 0 Å². The first-order chi connectivity index (χ1) is 7.60. The number of nitrogens with one attached hydrogen (secondary N) is 1. The molecule has 0 unspecified atom stereocenters. The maximum atomic E-state index is 13.3. The molecular weight excluding hydrogens is 280 g/mol. The normalized spacial score (nSPS) is 24.0. The molecule has 1 aliphatic carbocycles. The van der Waals surface area contributed by atoms with Gasteiger partial charge in [-0.25, -0.2) is 4.39 Å². The zero-order valence-electron chi connectivity index (χ0n) is 8.77. The number of ether oxygens (including phenoxy) is 1. The van der Waals surface area contributed by atoms with Gasteiger partial charge < -0.3 is 10.1 Å². The molecule has 0 radical (unpaired) electrons. The lowest BCUT2D eigenvalue weighted by Gasteiger charge is -2.35. The third-order valence-corrected chi connectivity index (χ3v) is 3.21. The SMILES string of the molecule is CNC1CC(Oc2cc(Br)cc(F)c2F)C1. The minimum atomic E-state index is -0.920. The molecule has 1 N–H and O–H groups in total. The second kappa shape index (κ2) is 4.67. The van der Waals surface area contributed by atoms with E-state index in [0.29, 0.717) is 10.5 Å². The Balaban J connectivity index is 2.05. The van der Waals surface area contributed by atoms with E-state index in [1.54, 1.807) is 0 Å². The van der Waals surface area contributed by atoms with Gasteiger partial charge in [-0.1, -0.05) is 15.9 Å². The molecule has 0 aromatic heterocycles. The quantitative estimate of drug-likeness (QED) is 0.865. The fourth-order valence-electron chi connectivity index (χ4n) is 1.70. The molecule has 1 aromatic rings. The fourth-order valence-corrected chi connectivity index (χ4v) is 2.10. The summed E-state index contributed by atoms with van der Waals surface area (Å²) in [6, 6.07) is 2.95. The Morgan fingerprint density at radius 1 is 1.38 bits per heavy atom. The van der Waals surface area contributed by atoms with Crippen LogP contribution in [-0.2, 0) is 0 Å². The van der Waals surface area contributed by atoms with Crippen molar-refractivity contribution >= 4 is 15.9 Å². The molecule has 0 spiro atoms. The Labute approximate surface area is 101 Å². The number of hydrogen-bond acceptors (Lipinski definition) is 2. The zero-order valence-corrected chi connectivity index (χ0v) is 10.4. The molecule has 0 aliphatic heterocycles. The smallest absolute Gasteiger partial charge is 0.200 e. The molecule has 0 saturated heterocycles. The van der Waals surface area contributed by atoms with Crippen LogP contribution in [0.15, 0.2) is 16.6 Å². The van der Waals surface area contributed by atoms with Gasteiger partial charge in [0.05, 0.1) is 0 Å². The van der Waals surface area contributed by atoms with Crippen LogP contribution in [0.4, 0.5) is 8.78 Å². The topological polar surface area (TPSA) is 21.3 Å². The Kier molecular flexibility index (Phi) is 3.44. The first kappa shape index (κ1) is 11.8. The van der Waals surface area contributed by atoms with Gasteiger partial charge in [0.2, 0.25) is 5.82 Å². The van der Waals surface area contributed by atoms with Crippen LogP contribution in [0, 0.1) is 11.6 Å². The summed E-state index contributed by atoms with van der Waals surface area (Å²) in [5.41, 5.74) is 0. The van der Waals surface area contributed by atoms with Crippen molar-refractivity contribution in [2.75, 3.05) is 7.05 Å². The van der Waals surface area contributed by atoms with Gasteiger partial charge in [-0.2, -0.15) is 4.39 Å². The molecule has 1 saturated carbocycles. The molecule has 5 heteroatoms. The monoisotopic (exact) mass is 291 g/mol. The van der Waals surface area contributed by atoms with E-state index in [2.05, 4.69) is 21.2 Å². The second-order valence-electron chi connectivity index (χ2n) is 3.90. The van der Waals surface area contributed by atoms with Crippen molar-refractivity contribution in [3.05, 3.63) is 28.2 Å². The molecule has 0 amide bonds. The highest BCUT2D eigenvalue weighted by Gasteiger charge is 2.30. The van der Waals surface area contributed by atoms with Gasteiger partial charge in [-0.15, -0.1) is 0 Å². The Bertz CT molecular complexity index is 394. The van der Waals surface area contributed by atoms with Crippen LogP contribution in [0.3, 0.4) is 0 Å². The third kappa shape index (κ3) is 2.35. The summed E-state index contributed by atoms with van der Waals surface area (Å²) in [6.45, 7) is 0. The van der Waals surface area contributed by atoms with E-state index in [4.69, 9.17) is 4.74 Å². The molecule has 1 fully saturated rings. The molecule has 1 aliphatic rings. The summed E-state index contributed by atoms with van der Waals surface area (Å²) >= 11 is 3.10. The number of hydrogen-bond donors (Lipinski definition) is 1. The summed E-state index contributed by atoms with van der Waals surface area (Å²) < 4.78 is 32.3. The van der Waals surface area contributed by atoms with E-state index in [-0.39, 0.29) is 11.9 Å². The van der Waals surface area contributed by atoms with Gasteiger partial charge in [-0.05, 0) is 32.0 Å². The molecule has 0 heterocycles. The van der Waals surface area contributed by atoms with Crippen LogP contribution < -0.4 is 10.1 Å². The molecule has 0 atom stereocenters. The van der Waals surface area contributed by atoms with Crippen LogP contribution in [0.5, 0.6) is 5.75 Å². The van der Waals surface area contributed by atoms with Gasteiger partial charge >= 0.3 is 0 Å². The maximum absolute atomic E-state index is 13.3. The van der Waals surface area contributed by atoms with E-state index in [1.165, 1.54) is 6.07 Å². The standard InChI is InChI=1S/C11H12BrF2NO/c1-15-7-4-8(5-7)16-10-3-6(12)2-9(13)11(10)14/h2-3,7-8,15H,4-5H2,1H3. The molecular formula is C11H12BrF2NO. The Hall–Kier alpha value is -0.680. The van der Waals surface area contributed by atoms with Crippen LogP contribution in [-0.4, -0.2) is 19.2 Å². The summed E-state index contributed by atoms with van der Waals surface area (Å²) in [4.78, 5) is 0. The summed E-state index contributed by atoms with van der Waals surface area (Å²) in [7, 11) is 1.88. The van der Waals surface area contributed by atoms with Gasteiger partial charge in [0.25, 0.3) is 0 Å². The van der Waals surface area contributed by atoms with Gasteiger partial charge in [0, 0.05) is 10.5 Å². The predicted molar refractivity (Wildman–Crippen MR) is 60.6 cm³/mol. The van der Waals surface area contributed by atoms with E-state index in [9.17, 15) is 8.78 Å². The second-order valence-corrected chi connectivity index (χ2v) is 4.81. The van der Waals surface area contributed by atoms with Crippen LogP contribution in [0.1, 0.15) is 12.8 Å². The highest BCUT2D eigenvalue weighted by molar-refractivity contribution is 9.10. The predicted octanol–water partition coefficient (Wildman–Crippen LogP) is 2.86. The van der Waals surface area contributed by atoms with Gasteiger partial charge in [-0.3, -0.25) is 0 Å². The van der Waals surface area contributed by atoms with Gasteiger partial charge in [0.15, 0.2) is 11.6 Å². The molecule has 0 bridgehead atoms. The molecule has 16 heavy (non-hydrogen) atoms. The van der Waals surface area contributed by atoms with Crippen molar-refractivity contribution in [3.63, 3.8) is 0 Å². The highest BCUT2D eigenvalue weighted by Crippen LogP contribution is 2.30. The molecule has 2 rings (SSSR count). The van der Waals surface area contributed by atoms with Gasteiger partial charge in [0.1, 0.15) is 6.10 Å². The molecule has 1 aromatic carbocycles. The summed E-state index contributed by atoms with van der Waals surface area (Å²) in [6.07, 6.45) is 1.62. The van der Waals surface area contributed by atoms with Crippen molar-refractivity contribution in [2.24, 2.45) is 0 Å². The third-order valence-electron chi connectivity index (χ3n) is 2.76. The maximum Gasteiger partial charge on any atom is 0.200 e. The first-order valence-corrected chi connectivity index (χ1v) is 5.88. The average Bonchev–Trinajstić information content (AvgIpc) is 2.17. The van der Waals surface area contributed by atoms with Crippen molar-refractivity contribution in [2.45, 2.75) is 25.0 Å². The largest absolute Gasteiger partial charge is 0.487 e. The van der Waals surface area contributed by atoms with Crippen LogP contribution in [0.25, 0.3) is 0 Å². The lowest BCUT2D eigenvalue weighted by molar-refractivity contribution is 0.0834. The van der Waals surface area contributed by atoms with Crippen molar-refractivity contribution in [1.29, 1.82) is 0 Å². The Morgan fingerprint density at radius 3 is 2.69 bits per heavy atom. The number of rotatable bonds is 3. The lowest BCUT2D eigenvalue weighted by Crippen LogP contribution is -2.45. The van der Waals surface area contributed by atoms with Crippen LogP contribution in [0.2, 0.25) is 0 Å². The highest BCUT2D eigenvalue weighted by atomic mass is 79.9. The van der Waals surface area contributed by atoms with Crippen molar-refractivity contribution in [1.82, 2.24) is 5.32 Å². The summed E-state index contributed by atoms with van der Waals surface area (Å²) in [5.74, 6) is -1.84.